The first-order valence-electron chi connectivity index (χ1n) is 8.55. The van der Waals surface area contributed by atoms with Crippen molar-refractivity contribution in [1.82, 2.24) is 9.36 Å². The van der Waals surface area contributed by atoms with Crippen LogP contribution < -0.4 is 10.1 Å². The first kappa shape index (κ1) is 18.5. The fourth-order valence-electron chi connectivity index (χ4n) is 2.71. The molecule has 0 radical (unpaired) electrons. The number of benzene rings is 2. The molecule has 0 aliphatic rings. The molecule has 0 spiro atoms. The molecule has 0 unspecified atom stereocenters. The number of hydrogen-bond donors (Lipinski definition) is 1. The van der Waals surface area contributed by atoms with E-state index in [0.717, 1.165) is 16.7 Å². The highest BCUT2D eigenvalue weighted by Gasteiger charge is 2.13. The minimum atomic E-state index is -0.158. The van der Waals surface area contributed by atoms with Crippen LogP contribution in [0.2, 0.25) is 0 Å². The Hall–Kier alpha value is -2.84. The van der Waals surface area contributed by atoms with Gasteiger partial charge >= 0.3 is 0 Å². The number of fused-ring (bicyclic) bond motifs is 1. The summed E-state index contributed by atoms with van der Waals surface area (Å²) in [5, 5.41) is 4.86. The molecule has 4 rings (SSSR count). The molecule has 2 aromatic heterocycles. The Balaban J connectivity index is 1.36. The number of carbonyl (C=O) groups excluding carboxylic acids is 1. The third-order valence-electron chi connectivity index (χ3n) is 4.08. The van der Waals surface area contributed by atoms with Crippen LogP contribution >= 0.6 is 23.3 Å². The first-order valence-corrected chi connectivity index (χ1v) is 10.3. The number of furan rings is 1. The standard InChI is InChI=1S/C20H17N3O3S2/c1-25-15-7-8-16-14(11-26-17(16)10-15)9-18(24)21-19-22-20(23-28-19)27-12-13-5-3-2-4-6-13/h2-8,10-11H,9,12H2,1H3,(H,21,22,23,24). The van der Waals surface area contributed by atoms with Gasteiger partial charge in [-0.25, -0.2) is 0 Å². The van der Waals surface area contributed by atoms with Crippen molar-refractivity contribution in [2.24, 2.45) is 0 Å². The molecule has 28 heavy (non-hydrogen) atoms. The third-order valence-corrected chi connectivity index (χ3v) is 5.74. The SMILES string of the molecule is COc1ccc2c(CC(=O)Nc3nc(SCc4ccccc4)ns3)coc2c1. The van der Waals surface area contributed by atoms with Crippen molar-refractivity contribution in [2.45, 2.75) is 17.3 Å². The van der Waals surface area contributed by atoms with Crippen LogP contribution in [-0.2, 0) is 17.0 Å². The first-order chi connectivity index (χ1) is 13.7. The van der Waals surface area contributed by atoms with E-state index < -0.39 is 0 Å². The summed E-state index contributed by atoms with van der Waals surface area (Å²) in [5.41, 5.74) is 2.72. The number of nitrogens with one attached hydrogen (secondary N) is 1. The maximum absolute atomic E-state index is 12.4. The van der Waals surface area contributed by atoms with Gasteiger partial charge in [-0.1, -0.05) is 42.1 Å². The van der Waals surface area contributed by atoms with Gasteiger partial charge in [0.25, 0.3) is 0 Å². The van der Waals surface area contributed by atoms with E-state index in [4.69, 9.17) is 9.15 Å². The van der Waals surface area contributed by atoms with Gasteiger partial charge in [-0.3, -0.25) is 4.79 Å². The lowest BCUT2D eigenvalue weighted by Gasteiger charge is -2.01. The number of hydrogen-bond acceptors (Lipinski definition) is 7. The third kappa shape index (κ3) is 4.35. The number of nitrogens with zero attached hydrogens (tertiary/aromatic N) is 2. The van der Waals surface area contributed by atoms with Crippen molar-refractivity contribution >= 4 is 45.3 Å². The summed E-state index contributed by atoms with van der Waals surface area (Å²) in [7, 11) is 1.60. The van der Waals surface area contributed by atoms with E-state index in [-0.39, 0.29) is 12.3 Å². The van der Waals surface area contributed by atoms with Crippen LogP contribution in [0.15, 0.2) is 64.4 Å². The van der Waals surface area contributed by atoms with Crippen LogP contribution in [0, 0.1) is 0 Å². The predicted molar refractivity (Wildman–Crippen MR) is 111 cm³/mol. The molecule has 4 aromatic rings. The fraction of sp³-hybridized carbons (Fsp3) is 0.150. The molecule has 6 nitrogen and oxygen atoms in total. The molecule has 1 N–H and O–H groups in total. The van der Waals surface area contributed by atoms with E-state index in [1.54, 1.807) is 31.2 Å². The normalized spacial score (nSPS) is 10.9. The highest BCUT2D eigenvalue weighted by molar-refractivity contribution is 7.98. The van der Waals surface area contributed by atoms with Crippen molar-refractivity contribution in [3.8, 4) is 5.75 Å². The second kappa shape index (κ2) is 8.45. The molecule has 0 bridgehead atoms. The van der Waals surface area contributed by atoms with Gasteiger partial charge in [-0.15, -0.1) is 0 Å². The number of carbonyl (C=O) groups is 1. The smallest absolute Gasteiger partial charge is 0.230 e. The molecule has 0 fully saturated rings. The van der Waals surface area contributed by atoms with Crippen molar-refractivity contribution < 1.29 is 13.9 Å². The fourth-order valence-corrected chi connectivity index (χ4v) is 4.22. The minimum Gasteiger partial charge on any atom is -0.497 e. The van der Waals surface area contributed by atoms with Crippen molar-refractivity contribution in [3.05, 3.63) is 65.9 Å². The molecule has 0 aliphatic carbocycles. The monoisotopic (exact) mass is 411 g/mol. The van der Waals surface area contributed by atoms with Crippen LogP contribution in [0.1, 0.15) is 11.1 Å². The number of methoxy groups -OCH3 is 1. The quantitative estimate of drug-likeness (QED) is 0.442. The zero-order chi connectivity index (χ0) is 19.3. The van der Waals surface area contributed by atoms with Gasteiger partial charge in [-0.05, 0) is 17.7 Å². The molecule has 0 atom stereocenters. The average molecular weight is 412 g/mol. The van der Waals surface area contributed by atoms with Gasteiger partial charge in [-0.2, -0.15) is 9.36 Å². The van der Waals surface area contributed by atoms with Gasteiger partial charge in [0.1, 0.15) is 11.3 Å². The number of ether oxygens (including phenoxy) is 1. The van der Waals surface area contributed by atoms with Crippen molar-refractivity contribution in [2.75, 3.05) is 12.4 Å². The molecule has 0 saturated carbocycles. The molecular formula is C20H17N3O3S2. The number of anilines is 1. The Bertz CT molecular complexity index is 1090. The maximum atomic E-state index is 12.4. The van der Waals surface area contributed by atoms with Gasteiger partial charge in [0.2, 0.25) is 16.2 Å². The van der Waals surface area contributed by atoms with Crippen LogP contribution in [0.5, 0.6) is 5.75 Å². The summed E-state index contributed by atoms with van der Waals surface area (Å²) in [5.74, 6) is 1.34. The zero-order valence-electron chi connectivity index (χ0n) is 15.0. The summed E-state index contributed by atoms with van der Waals surface area (Å²) in [6.45, 7) is 0. The zero-order valence-corrected chi connectivity index (χ0v) is 16.7. The van der Waals surface area contributed by atoms with E-state index in [2.05, 4.69) is 26.8 Å². The molecule has 2 heterocycles. The Labute approximate surface area is 170 Å². The highest BCUT2D eigenvalue weighted by Crippen LogP contribution is 2.27. The summed E-state index contributed by atoms with van der Waals surface area (Å²) in [6, 6.07) is 15.7. The van der Waals surface area contributed by atoms with E-state index in [1.165, 1.54) is 17.1 Å². The second-order valence-corrected chi connectivity index (χ2v) is 7.70. The van der Waals surface area contributed by atoms with E-state index >= 15 is 0 Å². The molecule has 8 heteroatoms. The number of amides is 1. The second-order valence-electron chi connectivity index (χ2n) is 6.00. The topological polar surface area (TPSA) is 77.2 Å². The summed E-state index contributed by atoms with van der Waals surface area (Å²) >= 11 is 2.72. The maximum Gasteiger partial charge on any atom is 0.230 e. The van der Waals surface area contributed by atoms with Crippen LogP contribution in [0.4, 0.5) is 5.13 Å². The molecular weight excluding hydrogens is 394 g/mol. The Morgan fingerprint density at radius 3 is 2.93 bits per heavy atom. The molecule has 2 aromatic carbocycles. The molecule has 0 saturated heterocycles. The van der Waals surface area contributed by atoms with Gasteiger partial charge in [0, 0.05) is 34.3 Å². The summed E-state index contributed by atoms with van der Waals surface area (Å²) in [6.07, 6.45) is 1.80. The lowest BCUT2D eigenvalue weighted by atomic mass is 10.1. The Morgan fingerprint density at radius 2 is 2.11 bits per heavy atom. The molecule has 1 amide bonds. The van der Waals surface area contributed by atoms with Crippen molar-refractivity contribution in [3.63, 3.8) is 0 Å². The highest BCUT2D eigenvalue weighted by atomic mass is 32.2. The average Bonchev–Trinajstić information content (AvgIpc) is 3.33. The van der Waals surface area contributed by atoms with Crippen LogP contribution in [0.25, 0.3) is 11.0 Å². The Kier molecular flexibility index (Phi) is 5.59. The van der Waals surface area contributed by atoms with Crippen molar-refractivity contribution in [1.29, 1.82) is 0 Å². The number of thioether (sulfide) groups is 1. The van der Waals surface area contributed by atoms with E-state index in [0.29, 0.717) is 21.6 Å². The number of aromatic nitrogens is 2. The van der Waals surface area contributed by atoms with Crippen LogP contribution in [-0.4, -0.2) is 22.4 Å². The van der Waals surface area contributed by atoms with Gasteiger partial charge in [0.15, 0.2) is 0 Å². The summed E-state index contributed by atoms with van der Waals surface area (Å²) < 4.78 is 15.0. The lowest BCUT2D eigenvalue weighted by Crippen LogP contribution is -2.13. The van der Waals surface area contributed by atoms with Gasteiger partial charge in [0.05, 0.1) is 19.8 Å². The molecule has 0 aliphatic heterocycles. The predicted octanol–water partition coefficient (Wildman–Crippen LogP) is 4.77. The minimum absolute atomic E-state index is 0.158. The van der Waals surface area contributed by atoms with Crippen LogP contribution in [0.3, 0.4) is 0 Å². The van der Waals surface area contributed by atoms with E-state index in [9.17, 15) is 4.79 Å². The number of rotatable bonds is 7. The lowest BCUT2D eigenvalue weighted by molar-refractivity contribution is -0.115. The largest absolute Gasteiger partial charge is 0.497 e. The van der Waals surface area contributed by atoms with Gasteiger partial charge < -0.3 is 14.5 Å². The Morgan fingerprint density at radius 1 is 1.25 bits per heavy atom. The van der Waals surface area contributed by atoms with E-state index in [1.807, 2.05) is 30.3 Å². The summed E-state index contributed by atoms with van der Waals surface area (Å²) in [4.78, 5) is 16.8. The molecule has 142 valence electrons.